The highest BCUT2D eigenvalue weighted by molar-refractivity contribution is 4.93. The average Bonchev–Trinajstić information content (AvgIpc) is 3.43. The molecule has 256 valence electrons. The van der Waals surface area contributed by atoms with Gasteiger partial charge >= 0.3 is 0 Å². The van der Waals surface area contributed by atoms with Crippen LogP contribution in [-0.4, -0.2) is 18.5 Å². The van der Waals surface area contributed by atoms with Gasteiger partial charge in [-0.05, 0) is 83.5 Å². The molecule has 1 aliphatic rings. The highest BCUT2D eigenvalue weighted by Crippen LogP contribution is 2.36. The standard InChI is InChI=1S/C42H76O2/c1-4-7-9-11-13-15-17-19-21-23-25-27-29-31-33-35-38-42(43-40-41(44-42)37-6-3)39-36-34-32-30-28-26-24-22-20-18-16-14-12-10-8-5-2/h13-16,19-22,41H,4-12,17-18,23-40H2,1-3H3/b15-13-,16-14-,21-19-,22-20-. The van der Waals surface area contributed by atoms with Gasteiger partial charge in [-0.15, -0.1) is 0 Å². The van der Waals surface area contributed by atoms with Crippen molar-refractivity contribution >= 4 is 0 Å². The van der Waals surface area contributed by atoms with Gasteiger partial charge in [0, 0.05) is 12.8 Å². The molecule has 1 saturated heterocycles. The third-order valence-corrected chi connectivity index (χ3v) is 9.04. The molecule has 2 heteroatoms. The van der Waals surface area contributed by atoms with E-state index in [2.05, 4.69) is 69.4 Å². The molecule has 1 aliphatic heterocycles. The zero-order valence-electron chi connectivity index (χ0n) is 30.0. The molecule has 44 heavy (non-hydrogen) atoms. The molecular formula is C42H76O2. The first-order valence-electron chi connectivity index (χ1n) is 19.7. The van der Waals surface area contributed by atoms with E-state index in [-0.39, 0.29) is 5.79 Å². The normalized spacial score (nSPS) is 17.0. The van der Waals surface area contributed by atoms with E-state index in [1.165, 1.54) is 148 Å². The van der Waals surface area contributed by atoms with E-state index in [1.54, 1.807) is 0 Å². The Morgan fingerprint density at radius 2 is 0.841 bits per heavy atom. The van der Waals surface area contributed by atoms with E-state index in [9.17, 15) is 0 Å². The van der Waals surface area contributed by atoms with Crippen LogP contribution >= 0.6 is 0 Å². The minimum atomic E-state index is -0.287. The van der Waals surface area contributed by atoms with Crippen molar-refractivity contribution in [2.24, 2.45) is 0 Å². The molecule has 0 aliphatic carbocycles. The Morgan fingerprint density at radius 3 is 1.25 bits per heavy atom. The summed E-state index contributed by atoms with van der Waals surface area (Å²) in [5.41, 5.74) is 0. The van der Waals surface area contributed by atoms with E-state index in [1.807, 2.05) is 0 Å². The molecule has 0 radical (unpaired) electrons. The predicted octanol–water partition coefficient (Wildman–Crippen LogP) is 14.3. The minimum Gasteiger partial charge on any atom is -0.347 e. The zero-order chi connectivity index (χ0) is 31.7. The largest absolute Gasteiger partial charge is 0.347 e. The van der Waals surface area contributed by atoms with Crippen LogP contribution < -0.4 is 0 Å². The highest BCUT2D eigenvalue weighted by Gasteiger charge is 2.39. The predicted molar refractivity (Wildman–Crippen MR) is 196 cm³/mol. The van der Waals surface area contributed by atoms with Gasteiger partial charge in [0.25, 0.3) is 0 Å². The molecule has 0 aromatic heterocycles. The van der Waals surface area contributed by atoms with Crippen molar-refractivity contribution in [3.63, 3.8) is 0 Å². The summed E-state index contributed by atoms with van der Waals surface area (Å²) in [4.78, 5) is 0. The second-order valence-corrected chi connectivity index (χ2v) is 13.4. The first kappa shape index (κ1) is 40.9. The number of hydrogen-bond donors (Lipinski definition) is 0. The van der Waals surface area contributed by atoms with E-state index in [0.717, 1.165) is 38.7 Å². The molecule has 0 amide bonds. The van der Waals surface area contributed by atoms with E-state index in [4.69, 9.17) is 9.47 Å². The molecule has 0 bridgehead atoms. The van der Waals surface area contributed by atoms with Crippen molar-refractivity contribution in [2.45, 2.75) is 212 Å². The van der Waals surface area contributed by atoms with Crippen LogP contribution in [0.1, 0.15) is 201 Å². The van der Waals surface area contributed by atoms with Gasteiger partial charge in [0.05, 0.1) is 12.7 Å². The fraction of sp³-hybridized carbons (Fsp3) is 0.810. The maximum Gasteiger partial charge on any atom is 0.168 e. The molecule has 1 heterocycles. The van der Waals surface area contributed by atoms with Gasteiger partial charge in [-0.3, -0.25) is 0 Å². The molecule has 0 saturated carbocycles. The fourth-order valence-corrected chi connectivity index (χ4v) is 6.23. The summed E-state index contributed by atoms with van der Waals surface area (Å²) in [6.07, 6.45) is 54.8. The molecule has 0 N–H and O–H groups in total. The molecule has 0 spiro atoms. The van der Waals surface area contributed by atoms with E-state index < -0.39 is 0 Å². The van der Waals surface area contributed by atoms with Crippen molar-refractivity contribution in [2.75, 3.05) is 6.61 Å². The van der Waals surface area contributed by atoms with Crippen LogP contribution in [0, 0.1) is 0 Å². The van der Waals surface area contributed by atoms with Gasteiger partial charge in [-0.2, -0.15) is 0 Å². The molecule has 0 aromatic carbocycles. The minimum absolute atomic E-state index is 0.287. The van der Waals surface area contributed by atoms with Gasteiger partial charge in [0.15, 0.2) is 5.79 Å². The van der Waals surface area contributed by atoms with Crippen molar-refractivity contribution in [3.8, 4) is 0 Å². The average molecular weight is 613 g/mol. The molecular weight excluding hydrogens is 536 g/mol. The highest BCUT2D eigenvalue weighted by atomic mass is 16.7. The first-order chi connectivity index (χ1) is 21.8. The van der Waals surface area contributed by atoms with Crippen molar-refractivity contribution in [1.82, 2.24) is 0 Å². The zero-order valence-corrected chi connectivity index (χ0v) is 30.0. The summed E-state index contributed by atoms with van der Waals surface area (Å²) in [5.74, 6) is -0.287. The lowest BCUT2D eigenvalue weighted by molar-refractivity contribution is -0.180. The fourth-order valence-electron chi connectivity index (χ4n) is 6.23. The van der Waals surface area contributed by atoms with Crippen LogP contribution in [0.2, 0.25) is 0 Å². The lowest BCUT2D eigenvalue weighted by Crippen LogP contribution is -2.31. The van der Waals surface area contributed by atoms with Crippen LogP contribution in [0.25, 0.3) is 0 Å². The number of allylic oxidation sites excluding steroid dienone is 8. The SMILES string of the molecule is CCCCC/C=C\C/C=C\CCCCCCCCC1(CCCCCCCC/C=C\C/C=C\CCCCC)OCC(CCC)O1. The quantitative estimate of drug-likeness (QED) is 0.0556. The Hall–Kier alpha value is -1.12. The van der Waals surface area contributed by atoms with Gasteiger partial charge in [0.1, 0.15) is 0 Å². The Labute approximate surface area is 276 Å². The number of hydrogen-bond acceptors (Lipinski definition) is 2. The third kappa shape index (κ3) is 25.1. The first-order valence-corrected chi connectivity index (χ1v) is 19.7. The lowest BCUT2D eigenvalue weighted by Gasteiger charge is -2.28. The Bertz CT molecular complexity index is 655. The van der Waals surface area contributed by atoms with Crippen LogP contribution in [0.5, 0.6) is 0 Å². The van der Waals surface area contributed by atoms with Crippen LogP contribution in [0.15, 0.2) is 48.6 Å². The Morgan fingerprint density at radius 1 is 0.455 bits per heavy atom. The number of ether oxygens (including phenoxy) is 2. The molecule has 2 nitrogen and oxygen atoms in total. The van der Waals surface area contributed by atoms with E-state index in [0.29, 0.717) is 6.10 Å². The van der Waals surface area contributed by atoms with Crippen molar-refractivity contribution in [3.05, 3.63) is 48.6 Å². The summed E-state index contributed by atoms with van der Waals surface area (Å²) in [5, 5.41) is 0. The summed E-state index contributed by atoms with van der Waals surface area (Å²) >= 11 is 0. The summed E-state index contributed by atoms with van der Waals surface area (Å²) in [6.45, 7) is 7.60. The Kier molecular flexibility index (Phi) is 29.6. The molecule has 1 fully saturated rings. The molecule has 0 aromatic rings. The smallest absolute Gasteiger partial charge is 0.168 e. The van der Waals surface area contributed by atoms with Gasteiger partial charge in [-0.25, -0.2) is 0 Å². The maximum atomic E-state index is 6.59. The number of unbranched alkanes of at least 4 members (excludes halogenated alkanes) is 18. The van der Waals surface area contributed by atoms with Gasteiger partial charge in [-0.1, -0.05) is 153 Å². The molecule has 1 unspecified atom stereocenters. The van der Waals surface area contributed by atoms with Crippen LogP contribution in [-0.2, 0) is 9.47 Å². The van der Waals surface area contributed by atoms with Crippen LogP contribution in [0.4, 0.5) is 0 Å². The summed E-state index contributed by atoms with van der Waals surface area (Å²) in [6, 6.07) is 0. The number of rotatable bonds is 32. The van der Waals surface area contributed by atoms with E-state index >= 15 is 0 Å². The maximum absolute atomic E-state index is 6.59. The second-order valence-electron chi connectivity index (χ2n) is 13.4. The second kappa shape index (κ2) is 31.8. The molecule has 1 atom stereocenters. The monoisotopic (exact) mass is 613 g/mol. The summed E-state index contributed by atoms with van der Waals surface area (Å²) in [7, 11) is 0. The van der Waals surface area contributed by atoms with Crippen molar-refractivity contribution in [1.29, 1.82) is 0 Å². The van der Waals surface area contributed by atoms with Gasteiger partial charge in [0.2, 0.25) is 0 Å². The molecule has 1 rings (SSSR count). The third-order valence-electron chi connectivity index (χ3n) is 9.04. The Balaban J connectivity index is 2.08. The summed E-state index contributed by atoms with van der Waals surface area (Å²) < 4.78 is 13.0. The topological polar surface area (TPSA) is 18.5 Å². The van der Waals surface area contributed by atoms with Crippen molar-refractivity contribution < 1.29 is 9.47 Å². The van der Waals surface area contributed by atoms with Gasteiger partial charge < -0.3 is 9.47 Å². The lowest BCUT2D eigenvalue weighted by atomic mass is 9.98. The van der Waals surface area contributed by atoms with Crippen LogP contribution in [0.3, 0.4) is 0 Å².